The normalized spacial score (nSPS) is 10.6. The van der Waals surface area contributed by atoms with Gasteiger partial charge in [-0.25, -0.2) is 13.8 Å². The summed E-state index contributed by atoms with van der Waals surface area (Å²) >= 11 is 1.25. The Balaban J connectivity index is 1.63. The summed E-state index contributed by atoms with van der Waals surface area (Å²) in [6.45, 7) is -0.386. The zero-order valence-electron chi connectivity index (χ0n) is 13.5. The molecule has 134 valence electrons. The topological polar surface area (TPSA) is 80.3 Å². The van der Waals surface area contributed by atoms with Gasteiger partial charge in [0, 0.05) is 6.07 Å². The van der Waals surface area contributed by atoms with E-state index in [0.29, 0.717) is 22.5 Å². The molecule has 0 saturated carbocycles. The molecule has 0 aliphatic rings. The molecule has 0 aliphatic carbocycles. The molecule has 1 aromatic heterocycles. The van der Waals surface area contributed by atoms with Gasteiger partial charge >= 0.3 is 0 Å². The molecule has 0 bridgehead atoms. The van der Waals surface area contributed by atoms with Gasteiger partial charge in [0.05, 0.1) is 23.9 Å². The van der Waals surface area contributed by atoms with Crippen LogP contribution in [0.2, 0.25) is 0 Å². The minimum Gasteiger partial charge on any atom is -0.494 e. The lowest BCUT2D eigenvalue weighted by molar-refractivity contribution is -0.115. The third-order valence-corrected chi connectivity index (χ3v) is 4.37. The van der Waals surface area contributed by atoms with Crippen molar-refractivity contribution < 1.29 is 23.1 Å². The maximum atomic E-state index is 13.5. The van der Waals surface area contributed by atoms with Gasteiger partial charge in [-0.15, -0.1) is 0 Å². The van der Waals surface area contributed by atoms with Gasteiger partial charge in [-0.2, -0.15) is 0 Å². The number of nitrogens with zero attached hydrogens (tertiary/aromatic N) is 1. The number of hydrogen-bond acceptors (Lipinski definition) is 5. The first kappa shape index (κ1) is 17.7. The Morgan fingerprint density at radius 1 is 1.23 bits per heavy atom. The van der Waals surface area contributed by atoms with Crippen molar-refractivity contribution in [2.24, 2.45) is 0 Å². The molecule has 0 saturated heterocycles. The molecule has 3 aromatic rings. The van der Waals surface area contributed by atoms with Gasteiger partial charge in [-0.05, 0) is 24.3 Å². The number of fused-ring (bicyclic) bond motifs is 1. The molecule has 1 heterocycles. The highest BCUT2D eigenvalue weighted by molar-refractivity contribution is 7.22. The maximum absolute atomic E-state index is 13.5. The van der Waals surface area contributed by atoms with E-state index < -0.39 is 23.4 Å². The van der Waals surface area contributed by atoms with Crippen molar-refractivity contribution >= 4 is 38.5 Å². The second-order valence-corrected chi connectivity index (χ2v) is 6.21. The molecular weight excluding hydrogens is 364 g/mol. The number of halogens is 2. The van der Waals surface area contributed by atoms with Gasteiger partial charge in [-0.3, -0.25) is 9.59 Å². The van der Waals surface area contributed by atoms with E-state index in [0.717, 1.165) is 16.8 Å². The van der Waals surface area contributed by atoms with Gasteiger partial charge in [0.1, 0.15) is 22.9 Å². The van der Waals surface area contributed by atoms with Crippen LogP contribution in [0.1, 0.15) is 10.4 Å². The van der Waals surface area contributed by atoms with Crippen molar-refractivity contribution in [1.29, 1.82) is 0 Å². The number of anilines is 1. The Kier molecular flexibility index (Phi) is 5.08. The number of para-hydroxylation sites is 1. The summed E-state index contributed by atoms with van der Waals surface area (Å²) < 4.78 is 32.4. The number of benzene rings is 2. The number of carbonyl (C=O) groups is 2. The van der Waals surface area contributed by atoms with Crippen LogP contribution < -0.4 is 15.4 Å². The van der Waals surface area contributed by atoms with Crippen LogP contribution in [-0.2, 0) is 4.79 Å². The summed E-state index contributed by atoms with van der Waals surface area (Å²) in [6, 6.07) is 7.98. The average Bonchev–Trinajstić information content (AvgIpc) is 3.01. The number of ether oxygens (including phenoxy) is 1. The van der Waals surface area contributed by atoms with Gasteiger partial charge in [0.2, 0.25) is 5.91 Å². The van der Waals surface area contributed by atoms with Crippen LogP contribution >= 0.6 is 11.3 Å². The summed E-state index contributed by atoms with van der Waals surface area (Å²) in [4.78, 5) is 28.1. The van der Waals surface area contributed by atoms with E-state index in [4.69, 9.17) is 4.74 Å². The average molecular weight is 377 g/mol. The Morgan fingerprint density at radius 2 is 2.04 bits per heavy atom. The van der Waals surface area contributed by atoms with Crippen LogP contribution in [0, 0.1) is 11.6 Å². The Morgan fingerprint density at radius 3 is 2.77 bits per heavy atom. The van der Waals surface area contributed by atoms with Crippen LogP contribution in [0.4, 0.5) is 13.9 Å². The molecular formula is C17H13F2N3O3S. The van der Waals surface area contributed by atoms with Crippen molar-refractivity contribution in [2.45, 2.75) is 0 Å². The molecule has 3 rings (SSSR count). The molecule has 0 fully saturated rings. The quantitative estimate of drug-likeness (QED) is 0.716. The third-order valence-electron chi connectivity index (χ3n) is 3.43. The van der Waals surface area contributed by atoms with Gasteiger partial charge in [-0.1, -0.05) is 17.4 Å². The van der Waals surface area contributed by atoms with E-state index in [1.54, 1.807) is 6.07 Å². The lowest BCUT2D eigenvalue weighted by Gasteiger charge is -2.06. The molecule has 26 heavy (non-hydrogen) atoms. The number of amides is 2. The number of nitrogens with one attached hydrogen (secondary N) is 2. The van der Waals surface area contributed by atoms with Crippen LogP contribution in [0.25, 0.3) is 10.2 Å². The Labute approximate surface area is 150 Å². The minimum atomic E-state index is -0.999. The van der Waals surface area contributed by atoms with Crippen LogP contribution in [0.5, 0.6) is 5.75 Å². The van der Waals surface area contributed by atoms with Crippen LogP contribution in [0.15, 0.2) is 36.4 Å². The lowest BCUT2D eigenvalue weighted by atomic mass is 10.2. The second kappa shape index (κ2) is 7.44. The largest absolute Gasteiger partial charge is 0.494 e. The fourth-order valence-electron chi connectivity index (χ4n) is 2.23. The fraction of sp³-hybridized carbons (Fsp3) is 0.118. The summed E-state index contributed by atoms with van der Waals surface area (Å²) in [5.74, 6) is -2.55. The van der Waals surface area contributed by atoms with Crippen LogP contribution in [-0.4, -0.2) is 30.5 Å². The van der Waals surface area contributed by atoms with Crippen molar-refractivity contribution in [3.63, 3.8) is 0 Å². The van der Waals surface area contributed by atoms with E-state index in [9.17, 15) is 18.4 Å². The number of thiazole rings is 1. The smallest absolute Gasteiger partial charge is 0.254 e. The first-order valence-electron chi connectivity index (χ1n) is 7.44. The van der Waals surface area contributed by atoms with E-state index in [1.807, 2.05) is 12.1 Å². The number of hydrogen-bond donors (Lipinski definition) is 2. The molecule has 0 unspecified atom stereocenters. The van der Waals surface area contributed by atoms with Gasteiger partial charge in [0.15, 0.2) is 5.13 Å². The Hall–Kier alpha value is -3.07. The zero-order valence-corrected chi connectivity index (χ0v) is 14.3. The maximum Gasteiger partial charge on any atom is 0.254 e. The van der Waals surface area contributed by atoms with Crippen molar-refractivity contribution in [1.82, 2.24) is 10.3 Å². The summed E-state index contributed by atoms with van der Waals surface area (Å²) in [5.41, 5.74) is 0.275. The SMILES string of the molecule is COc1cccc2sc(NC(=O)CNC(=O)c3ccc(F)cc3F)nc12. The highest BCUT2D eigenvalue weighted by Gasteiger charge is 2.15. The number of aromatic nitrogens is 1. The predicted octanol–water partition coefficient (Wildman–Crippen LogP) is 2.95. The predicted molar refractivity (Wildman–Crippen MR) is 93.5 cm³/mol. The lowest BCUT2D eigenvalue weighted by Crippen LogP contribution is -2.33. The zero-order chi connectivity index (χ0) is 18.7. The molecule has 6 nitrogen and oxygen atoms in total. The molecule has 2 aromatic carbocycles. The van der Waals surface area contributed by atoms with E-state index in [2.05, 4.69) is 15.6 Å². The fourth-order valence-corrected chi connectivity index (χ4v) is 3.13. The second-order valence-electron chi connectivity index (χ2n) is 5.18. The van der Waals surface area contributed by atoms with Crippen molar-refractivity contribution in [3.8, 4) is 5.75 Å². The minimum absolute atomic E-state index is 0.344. The Bertz CT molecular complexity index is 991. The molecule has 9 heteroatoms. The standard InChI is InChI=1S/C17H13F2N3O3S/c1-25-12-3-2-4-13-15(12)22-17(26-13)21-14(23)8-20-16(24)10-6-5-9(18)7-11(10)19/h2-7H,8H2,1H3,(H,20,24)(H,21,22,23). The summed E-state index contributed by atoms with van der Waals surface area (Å²) in [7, 11) is 1.52. The summed E-state index contributed by atoms with van der Waals surface area (Å²) in [5, 5.41) is 5.18. The molecule has 0 radical (unpaired) electrons. The monoisotopic (exact) mass is 377 g/mol. The van der Waals surface area contributed by atoms with Crippen molar-refractivity contribution in [2.75, 3.05) is 19.0 Å². The molecule has 2 N–H and O–H groups in total. The number of rotatable bonds is 5. The van der Waals surface area contributed by atoms with Crippen LogP contribution in [0.3, 0.4) is 0 Å². The molecule has 0 aliphatic heterocycles. The third kappa shape index (κ3) is 3.77. The number of methoxy groups -OCH3 is 1. The van der Waals surface area contributed by atoms with Gasteiger partial charge in [0.25, 0.3) is 5.91 Å². The van der Waals surface area contributed by atoms with E-state index in [1.165, 1.54) is 18.4 Å². The highest BCUT2D eigenvalue weighted by Crippen LogP contribution is 2.31. The van der Waals surface area contributed by atoms with Gasteiger partial charge < -0.3 is 15.4 Å². The molecule has 2 amide bonds. The molecule has 0 atom stereocenters. The van der Waals surface area contributed by atoms with E-state index in [-0.39, 0.29) is 12.1 Å². The highest BCUT2D eigenvalue weighted by atomic mass is 32.1. The number of carbonyl (C=O) groups excluding carboxylic acids is 2. The first-order chi connectivity index (χ1) is 12.5. The van der Waals surface area contributed by atoms with E-state index >= 15 is 0 Å². The summed E-state index contributed by atoms with van der Waals surface area (Å²) in [6.07, 6.45) is 0. The van der Waals surface area contributed by atoms with Crippen molar-refractivity contribution in [3.05, 3.63) is 53.6 Å². The first-order valence-corrected chi connectivity index (χ1v) is 8.26. The molecule has 0 spiro atoms.